The van der Waals surface area contributed by atoms with Crippen LogP contribution in [0.3, 0.4) is 0 Å². The molecule has 0 bridgehead atoms. The van der Waals surface area contributed by atoms with Crippen LogP contribution in [0, 0.1) is 0 Å². The van der Waals surface area contributed by atoms with Crippen LogP contribution in [0.4, 0.5) is 0 Å². The molecule has 4 nitrogen and oxygen atoms in total. The summed E-state index contributed by atoms with van der Waals surface area (Å²) in [4.78, 5) is 0. The summed E-state index contributed by atoms with van der Waals surface area (Å²) < 4.78 is 17.4. The second-order valence-corrected chi connectivity index (χ2v) is 5.60. The third kappa shape index (κ3) is 4.93. The van der Waals surface area contributed by atoms with Crippen molar-refractivity contribution in [2.24, 2.45) is 5.73 Å². The lowest BCUT2D eigenvalue weighted by Crippen LogP contribution is -2.14. The van der Waals surface area contributed by atoms with Gasteiger partial charge in [-0.1, -0.05) is 0 Å². The lowest BCUT2D eigenvalue weighted by atomic mass is 10.1. The molecule has 0 atom stereocenters. The van der Waals surface area contributed by atoms with E-state index in [2.05, 4.69) is 0 Å². The molecule has 0 saturated carbocycles. The van der Waals surface area contributed by atoms with Gasteiger partial charge in [0.15, 0.2) is 0 Å². The topological polar surface area (TPSA) is 53.7 Å². The number of ether oxygens (including phenoxy) is 3. The fourth-order valence-corrected chi connectivity index (χ4v) is 1.86. The molecule has 1 rings (SSSR count). The van der Waals surface area contributed by atoms with Crippen LogP contribution in [0.25, 0.3) is 0 Å². The van der Waals surface area contributed by atoms with E-state index >= 15 is 0 Å². The maximum absolute atomic E-state index is 5.85. The molecule has 0 heterocycles. The lowest BCUT2D eigenvalue weighted by molar-refractivity contribution is 0.213. The minimum atomic E-state index is 0.0708. The average Bonchev–Trinajstić information content (AvgIpc) is 2.26. The Kier molecular flexibility index (Phi) is 6.14. The molecule has 0 amide bonds. The number of nitrogens with two attached hydrogens (primary N) is 1. The van der Waals surface area contributed by atoms with E-state index in [1.165, 1.54) is 0 Å². The van der Waals surface area contributed by atoms with Crippen LogP contribution in [-0.4, -0.2) is 18.3 Å². The molecule has 1 aromatic rings. The molecule has 114 valence electrons. The highest BCUT2D eigenvalue weighted by molar-refractivity contribution is 5.51. The summed E-state index contributed by atoms with van der Waals surface area (Å²) in [5.74, 6) is 2.20. The number of benzene rings is 1. The van der Waals surface area contributed by atoms with E-state index < -0.39 is 0 Å². The lowest BCUT2D eigenvalue weighted by Gasteiger charge is -2.21. The van der Waals surface area contributed by atoms with Gasteiger partial charge in [0.05, 0.1) is 18.3 Å². The van der Waals surface area contributed by atoms with Crippen LogP contribution in [-0.2, 0) is 6.54 Å². The summed E-state index contributed by atoms with van der Waals surface area (Å²) in [6, 6.07) is 3.77. The minimum absolute atomic E-state index is 0.0708. The van der Waals surface area contributed by atoms with Crippen molar-refractivity contribution >= 4 is 0 Å². The summed E-state index contributed by atoms with van der Waals surface area (Å²) in [5, 5.41) is 0. The third-order valence-electron chi connectivity index (χ3n) is 2.44. The van der Waals surface area contributed by atoms with Gasteiger partial charge in [-0.15, -0.1) is 0 Å². The Morgan fingerprint density at radius 3 is 1.50 bits per heavy atom. The molecule has 0 aromatic heterocycles. The van der Waals surface area contributed by atoms with Gasteiger partial charge in [-0.25, -0.2) is 0 Å². The molecule has 0 unspecified atom stereocenters. The van der Waals surface area contributed by atoms with Gasteiger partial charge in [0.2, 0.25) is 0 Å². The second-order valence-electron chi connectivity index (χ2n) is 5.60. The van der Waals surface area contributed by atoms with Crippen molar-refractivity contribution in [1.29, 1.82) is 0 Å². The van der Waals surface area contributed by atoms with Crippen LogP contribution >= 0.6 is 0 Å². The van der Waals surface area contributed by atoms with Crippen molar-refractivity contribution in [3.63, 3.8) is 0 Å². The van der Waals surface area contributed by atoms with Gasteiger partial charge in [0.1, 0.15) is 17.2 Å². The first kappa shape index (κ1) is 16.6. The van der Waals surface area contributed by atoms with E-state index in [0.29, 0.717) is 6.54 Å². The quantitative estimate of drug-likeness (QED) is 0.831. The van der Waals surface area contributed by atoms with Gasteiger partial charge in [0, 0.05) is 24.2 Å². The predicted molar refractivity (Wildman–Crippen MR) is 81.6 cm³/mol. The average molecular weight is 281 g/mol. The van der Waals surface area contributed by atoms with Gasteiger partial charge < -0.3 is 19.9 Å². The Bertz CT molecular complexity index is 397. The van der Waals surface area contributed by atoms with E-state index in [4.69, 9.17) is 19.9 Å². The van der Waals surface area contributed by atoms with Crippen LogP contribution in [0.5, 0.6) is 17.2 Å². The summed E-state index contributed by atoms with van der Waals surface area (Å²) in [7, 11) is 0. The van der Waals surface area contributed by atoms with Crippen LogP contribution in [0.2, 0.25) is 0 Å². The van der Waals surface area contributed by atoms with Crippen LogP contribution in [0.15, 0.2) is 12.1 Å². The fraction of sp³-hybridized carbons (Fsp3) is 0.625. The zero-order valence-corrected chi connectivity index (χ0v) is 13.4. The first-order valence-electron chi connectivity index (χ1n) is 7.20. The van der Waals surface area contributed by atoms with Crippen molar-refractivity contribution in [2.45, 2.75) is 66.4 Å². The highest BCUT2D eigenvalue weighted by Crippen LogP contribution is 2.35. The second kappa shape index (κ2) is 7.39. The van der Waals surface area contributed by atoms with Crippen molar-refractivity contribution in [3.8, 4) is 17.2 Å². The van der Waals surface area contributed by atoms with Crippen molar-refractivity contribution in [2.75, 3.05) is 0 Å². The van der Waals surface area contributed by atoms with E-state index in [0.717, 1.165) is 22.8 Å². The van der Waals surface area contributed by atoms with E-state index in [1.54, 1.807) is 0 Å². The van der Waals surface area contributed by atoms with E-state index in [9.17, 15) is 0 Å². The summed E-state index contributed by atoms with van der Waals surface area (Å²) >= 11 is 0. The van der Waals surface area contributed by atoms with Gasteiger partial charge in [-0.3, -0.25) is 0 Å². The molecular weight excluding hydrogens is 254 g/mol. The standard InChI is InChI=1S/C16H27NO3/c1-10(2)18-13-7-15(19-11(3)4)14(9-17)16(8-13)20-12(5)6/h7-8,10-12H,9,17H2,1-6H3. The van der Waals surface area contributed by atoms with Crippen LogP contribution in [0.1, 0.15) is 47.1 Å². The molecule has 0 fully saturated rings. The SMILES string of the molecule is CC(C)Oc1cc(OC(C)C)c(CN)c(OC(C)C)c1. The number of hydrogen-bond donors (Lipinski definition) is 1. The van der Waals surface area contributed by atoms with Crippen LogP contribution < -0.4 is 19.9 Å². The molecule has 0 spiro atoms. The van der Waals surface area contributed by atoms with Gasteiger partial charge in [0.25, 0.3) is 0 Å². The van der Waals surface area contributed by atoms with Gasteiger partial charge in [-0.05, 0) is 41.5 Å². The molecule has 20 heavy (non-hydrogen) atoms. The zero-order chi connectivity index (χ0) is 15.3. The van der Waals surface area contributed by atoms with Crippen molar-refractivity contribution in [1.82, 2.24) is 0 Å². The molecule has 1 aromatic carbocycles. The summed E-state index contributed by atoms with van der Waals surface area (Å²) in [6.45, 7) is 12.3. The smallest absolute Gasteiger partial charge is 0.131 e. The monoisotopic (exact) mass is 281 g/mol. The zero-order valence-electron chi connectivity index (χ0n) is 13.4. The Balaban J connectivity index is 3.23. The number of rotatable bonds is 7. The Labute approximate surface area is 122 Å². The minimum Gasteiger partial charge on any atom is -0.491 e. The Hall–Kier alpha value is -1.42. The molecule has 0 aliphatic carbocycles. The third-order valence-corrected chi connectivity index (χ3v) is 2.44. The van der Waals surface area contributed by atoms with Gasteiger partial charge >= 0.3 is 0 Å². The van der Waals surface area contributed by atoms with Crippen molar-refractivity contribution in [3.05, 3.63) is 17.7 Å². The highest BCUT2D eigenvalue weighted by Gasteiger charge is 2.16. The number of hydrogen-bond acceptors (Lipinski definition) is 4. The largest absolute Gasteiger partial charge is 0.491 e. The molecule has 0 aliphatic heterocycles. The molecule has 2 N–H and O–H groups in total. The normalized spacial score (nSPS) is 11.3. The fourth-order valence-electron chi connectivity index (χ4n) is 1.86. The van der Waals surface area contributed by atoms with Crippen molar-refractivity contribution < 1.29 is 14.2 Å². The Morgan fingerprint density at radius 2 is 1.20 bits per heavy atom. The van der Waals surface area contributed by atoms with E-state index in [-0.39, 0.29) is 18.3 Å². The molecule has 0 radical (unpaired) electrons. The summed E-state index contributed by atoms with van der Waals surface area (Å²) in [5.41, 5.74) is 6.73. The maximum atomic E-state index is 5.85. The molecular formula is C16H27NO3. The Morgan fingerprint density at radius 1 is 0.800 bits per heavy atom. The first-order valence-corrected chi connectivity index (χ1v) is 7.20. The molecule has 4 heteroatoms. The molecule has 0 aliphatic rings. The van der Waals surface area contributed by atoms with Gasteiger partial charge in [-0.2, -0.15) is 0 Å². The highest BCUT2D eigenvalue weighted by atomic mass is 16.5. The maximum Gasteiger partial charge on any atom is 0.131 e. The first-order chi connectivity index (χ1) is 9.33. The molecule has 0 saturated heterocycles. The predicted octanol–water partition coefficient (Wildman–Crippen LogP) is 3.51. The van der Waals surface area contributed by atoms with E-state index in [1.807, 2.05) is 53.7 Å². The summed E-state index contributed by atoms with van der Waals surface area (Å²) in [6.07, 6.45) is 0.237.